The highest BCUT2D eigenvalue weighted by Gasteiger charge is 2.36. The molecule has 0 bridgehead atoms. The molecule has 53 heavy (non-hydrogen) atoms. The normalized spacial score (nSPS) is 13.5. The quantitative estimate of drug-likeness (QED) is 0.116. The molecule has 0 aliphatic carbocycles. The van der Waals surface area contributed by atoms with E-state index in [1.165, 1.54) is 31.7 Å². The van der Waals surface area contributed by atoms with Gasteiger partial charge in [0.1, 0.15) is 34.3 Å². The number of ether oxygens (including phenoxy) is 3. The summed E-state index contributed by atoms with van der Waals surface area (Å²) in [5, 5.41) is -0.0382. The molecule has 5 aromatic carbocycles. The third-order valence-corrected chi connectivity index (χ3v) is 11.8. The minimum Gasteiger partial charge on any atom is -0.497 e. The monoisotopic (exact) mass is 754 g/mol. The van der Waals surface area contributed by atoms with Gasteiger partial charge in [0.2, 0.25) is 5.13 Å². The van der Waals surface area contributed by atoms with Crippen LogP contribution in [0.5, 0.6) is 23.0 Å². The first-order valence-electron chi connectivity index (χ1n) is 16.8. The smallest absolute Gasteiger partial charge is 0.269 e. The second-order valence-electron chi connectivity index (χ2n) is 12.7. The molecule has 2 heterocycles. The van der Waals surface area contributed by atoms with E-state index in [9.17, 15) is 8.42 Å². The molecule has 1 aromatic heterocycles. The Hall–Kier alpha value is -5.37. The molecule has 1 saturated heterocycles. The molecular weight excluding hydrogens is 719 g/mol. The van der Waals surface area contributed by atoms with Gasteiger partial charge < -0.3 is 14.2 Å². The Balaban J connectivity index is 1.12. The Morgan fingerprint density at radius 3 is 2.15 bits per heavy atom. The van der Waals surface area contributed by atoms with Crippen molar-refractivity contribution in [2.24, 2.45) is 0 Å². The highest BCUT2D eigenvalue weighted by Crippen LogP contribution is 2.40. The molecule has 13 heteroatoms. The lowest BCUT2D eigenvalue weighted by molar-refractivity contribution is 0.111. The van der Waals surface area contributed by atoms with Crippen molar-refractivity contribution in [1.82, 2.24) is 14.3 Å². The summed E-state index contributed by atoms with van der Waals surface area (Å²) in [5.74, 6) is -1.34. The van der Waals surface area contributed by atoms with Gasteiger partial charge in [-0.3, -0.25) is 4.90 Å². The molecule has 0 radical (unpaired) electrons. The van der Waals surface area contributed by atoms with E-state index >= 15 is 8.78 Å². The fraction of sp³-hybridized carbons (Fsp3) is 0.200. The van der Waals surface area contributed by atoms with Gasteiger partial charge in [0.15, 0.2) is 11.6 Å². The highest BCUT2D eigenvalue weighted by atomic mass is 32.2. The first-order chi connectivity index (χ1) is 25.6. The number of likely N-dealkylation sites (tertiary alicyclic amines) is 1. The van der Waals surface area contributed by atoms with Gasteiger partial charge in [-0.2, -0.15) is 4.37 Å². The molecule has 0 unspecified atom stereocenters. The Morgan fingerprint density at radius 2 is 1.53 bits per heavy atom. The van der Waals surface area contributed by atoms with E-state index in [2.05, 4.69) is 44.6 Å². The first-order valence-corrected chi connectivity index (χ1v) is 19.0. The van der Waals surface area contributed by atoms with E-state index in [1.54, 1.807) is 24.3 Å². The van der Waals surface area contributed by atoms with Crippen molar-refractivity contribution >= 4 is 26.7 Å². The molecule has 0 amide bonds. The van der Waals surface area contributed by atoms with E-state index in [-0.39, 0.29) is 23.6 Å². The van der Waals surface area contributed by atoms with Crippen molar-refractivity contribution in [2.45, 2.75) is 30.3 Å². The van der Waals surface area contributed by atoms with Crippen molar-refractivity contribution in [3.8, 4) is 23.0 Å². The van der Waals surface area contributed by atoms with Crippen molar-refractivity contribution in [2.75, 3.05) is 31.6 Å². The maximum absolute atomic E-state index is 15.8. The summed E-state index contributed by atoms with van der Waals surface area (Å²) in [6.45, 7) is 3.20. The van der Waals surface area contributed by atoms with Crippen LogP contribution in [0.4, 0.5) is 13.9 Å². The Morgan fingerprint density at radius 1 is 0.830 bits per heavy atom. The van der Waals surface area contributed by atoms with E-state index in [1.807, 2.05) is 49.4 Å². The van der Waals surface area contributed by atoms with Gasteiger partial charge in [-0.1, -0.05) is 66.7 Å². The second kappa shape index (κ2) is 15.3. The molecule has 0 saturated carbocycles. The van der Waals surface area contributed by atoms with E-state index in [0.717, 1.165) is 46.1 Å². The molecule has 1 aliphatic heterocycles. The third-order valence-electron chi connectivity index (χ3n) is 9.20. The largest absolute Gasteiger partial charge is 0.497 e. The zero-order chi connectivity index (χ0) is 37.1. The van der Waals surface area contributed by atoms with E-state index < -0.39 is 32.3 Å². The number of aromatic nitrogens is 2. The number of aryl methyl sites for hydroxylation is 1. The van der Waals surface area contributed by atoms with Crippen LogP contribution in [0, 0.1) is 18.6 Å². The van der Waals surface area contributed by atoms with Crippen LogP contribution in [-0.4, -0.2) is 50.0 Å². The average Bonchev–Trinajstić information content (AvgIpc) is 3.68. The number of halogens is 2. The summed E-state index contributed by atoms with van der Waals surface area (Å²) < 4.78 is 81.0. The summed E-state index contributed by atoms with van der Waals surface area (Å²) in [6.07, 6.45) is 1.18. The summed E-state index contributed by atoms with van der Waals surface area (Å²) in [7, 11) is -1.78. The van der Waals surface area contributed by atoms with Crippen LogP contribution >= 0.6 is 11.5 Å². The average molecular weight is 755 g/mol. The van der Waals surface area contributed by atoms with Crippen molar-refractivity contribution in [1.29, 1.82) is 0 Å². The summed E-state index contributed by atoms with van der Waals surface area (Å²) in [4.78, 5) is 5.59. The number of methoxy groups -OCH3 is 2. The van der Waals surface area contributed by atoms with Crippen molar-refractivity contribution in [3.63, 3.8) is 0 Å². The zero-order valence-corrected chi connectivity index (χ0v) is 30.8. The standard InChI is InChI=1S/C40H36F2N4O5S2/c1-26-16-30(31-22-45(23-31)39(27-10-6-4-7-11-27)28-12-8-5-9-13-28)18-33(17-26)51-37-20-35(42)38(21-34(37)41)53(47,48)46(40-43-25-44-52-40)24-29-14-15-32(49-2)19-36(29)50-3/h4-21,25,31,39H,22-24H2,1-3H3. The van der Waals surface area contributed by atoms with E-state index in [4.69, 9.17) is 14.2 Å². The maximum atomic E-state index is 15.8. The number of hydrogen-bond donors (Lipinski definition) is 0. The molecule has 7 rings (SSSR count). The van der Waals surface area contributed by atoms with Gasteiger partial charge in [-0.15, -0.1) is 0 Å². The van der Waals surface area contributed by atoms with Gasteiger partial charge in [0.05, 0.1) is 26.8 Å². The Kier molecular flexibility index (Phi) is 10.4. The SMILES string of the molecule is COc1ccc(CN(c2ncns2)S(=O)(=O)c2cc(F)c(Oc3cc(C)cc(C4CN(C(c5ccccc5)c5ccccc5)C4)c3)cc2F)c(OC)c1. The van der Waals surface area contributed by atoms with Gasteiger partial charge in [-0.05, 0) is 53.4 Å². The van der Waals surface area contributed by atoms with Gasteiger partial charge in [0, 0.05) is 54.3 Å². The highest BCUT2D eigenvalue weighted by molar-refractivity contribution is 7.93. The van der Waals surface area contributed by atoms with Crippen LogP contribution < -0.4 is 18.5 Å². The number of sulfonamides is 1. The molecule has 272 valence electrons. The predicted octanol–water partition coefficient (Wildman–Crippen LogP) is 8.52. The molecular formula is C40H36F2N4O5S2. The van der Waals surface area contributed by atoms with Gasteiger partial charge >= 0.3 is 0 Å². The third kappa shape index (κ3) is 7.59. The minimum atomic E-state index is -4.70. The van der Waals surface area contributed by atoms with Crippen LogP contribution in [0.2, 0.25) is 0 Å². The molecule has 9 nitrogen and oxygen atoms in total. The van der Waals surface area contributed by atoms with Gasteiger partial charge in [0.25, 0.3) is 10.0 Å². The minimum absolute atomic E-state index is 0.0382. The molecule has 0 spiro atoms. The van der Waals surface area contributed by atoms with Crippen LogP contribution in [0.25, 0.3) is 0 Å². The maximum Gasteiger partial charge on any atom is 0.269 e. The predicted molar refractivity (Wildman–Crippen MR) is 199 cm³/mol. The molecule has 1 aliphatic rings. The number of benzene rings is 5. The Bertz CT molecular complexity index is 2270. The van der Waals surface area contributed by atoms with Crippen LogP contribution in [0.1, 0.15) is 39.8 Å². The lowest BCUT2D eigenvalue weighted by Gasteiger charge is -2.45. The molecule has 0 N–H and O–H groups in total. The fourth-order valence-electron chi connectivity index (χ4n) is 6.59. The summed E-state index contributed by atoms with van der Waals surface area (Å²) in [5.41, 5.74) is 4.76. The first kappa shape index (κ1) is 36.0. The lowest BCUT2D eigenvalue weighted by Crippen LogP contribution is -2.47. The number of rotatable bonds is 13. The van der Waals surface area contributed by atoms with Crippen LogP contribution in [0.3, 0.4) is 0 Å². The molecule has 6 aromatic rings. The van der Waals surface area contributed by atoms with Crippen LogP contribution in [-0.2, 0) is 16.6 Å². The second-order valence-corrected chi connectivity index (χ2v) is 15.3. The van der Waals surface area contributed by atoms with Crippen LogP contribution in [0.15, 0.2) is 120 Å². The van der Waals surface area contributed by atoms with Gasteiger partial charge in [-0.25, -0.2) is 26.5 Å². The van der Waals surface area contributed by atoms with Crippen molar-refractivity contribution in [3.05, 3.63) is 155 Å². The lowest BCUT2D eigenvalue weighted by atomic mass is 9.86. The summed E-state index contributed by atoms with van der Waals surface area (Å²) in [6, 6.07) is 32.7. The molecule has 0 atom stereocenters. The van der Waals surface area contributed by atoms with Crippen molar-refractivity contribution < 1.29 is 31.4 Å². The van der Waals surface area contributed by atoms with E-state index in [0.29, 0.717) is 28.9 Å². The Labute approximate surface area is 311 Å². The fourth-order valence-corrected chi connectivity index (χ4v) is 8.78. The number of hydrogen-bond acceptors (Lipinski definition) is 9. The number of nitrogens with zero attached hydrogens (tertiary/aromatic N) is 4. The zero-order valence-electron chi connectivity index (χ0n) is 29.1. The molecule has 1 fully saturated rings. The topological polar surface area (TPSA) is 94.1 Å². The number of anilines is 1. The summed E-state index contributed by atoms with van der Waals surface area (Å²) >= 11 is 0.795.